The lowest BCUT2D eigenvalue weighted by molar-refractivity contribution is -0.137. The second kappa shape index (κ2) is 7.25. The number of hydrogen-bond donors (Lipinski definition) is 1. The molecule has 2 fully saturated rings. The number of hydrogen-bond acceptors (Lipinski definition) is 3. The third-order valence-electron chi connectivity index (χ3n) is 4.59. The van der Waals surface area contributed by atoms with E-state index in [2.05, 4.69) is 12.2 Å². The summed E-state index contributed by atoms with van der Waals surface area (Å²) >= 11 is 0. The van der Waals surface area contributed by atoms with E-state index in [0.717, 1.165) is 19.0 Å². The van der Waals surface area contributed by atoms with Gasteiger partial charge in [0.05, 0.1) is 19.3 Å². The lowest BCUT2D eigenvalue weighted by Crippen LogP contribution is -2.53. The summed E-state index contributed by atoms with van der Waals surface area (Å²) in [5.41, 5.74) is 0. The minimum Gasteiger partial charge on any atom is -0.378 e. The highest BCUT2D eigenvalue weighted by Crippen LogP contribution is 2.27. The van der Waals surface area contributed by atoms with Crippen LogP contribution in [0.5, 0.6) is 0 Å². The maximum Gasteiger partial charge on any atom is 0.239 e. The number of amides is 1. The molecule has 0 radical (unpaired) electrons. The summed E-state index contributed by atoms with van der Waals surface area (Å²) < 4.78 is 5.30. The summed E-state index contributed by atoms with van der Waals surface area (Å²) in [6.45, 7) is 7.12. The standard InChI is InChI=1S/C15H28N2O2/c1-3-13-6-4-5-7-14(13)16-12(2)15(18)17-8-10-19-11-9-17/h12-14,16H,3-11H2,1-2H3. The normalized spacial score (nSPS) is 30.1. The molecule has 1 aliphatic carbocycles. The van der Waals surface area contributed by atoms with Gasteiger partial charge in [0.25, 0.3) is 0 Å². The van der Waals surface area contributed by atoms with Crippen LogP contribution in [0.4, 0.5) is 0 Å². The van der Waals surface area contributed by atoms with E-state index >= 15 is 0 Å². The number of nitrogens with zero attached hydrogens (tertiary/aromatic N) is 1. The Morgan fingerprint density at radius 2 is 2.00 bits per heavy atom. The maximum absolute atomic E-state index is 12.4. The number of carbonyl (C=O) groups is 1. The third kappa shape index (κ3) is 3.93. The van der Waals surface area contributed by atoms with Crippen LogP contribution in [0.25, 0.3) is 0 Å². The van der Waals surface area contributed by atoms with Crippen molar-refractivity contribution in [1.82, 2.24) is 10.2 Å². The molecule has 4 heteroatoms. The maximum atomic E-state index is 12.4. The monoisotopic (exact) mass is 268 g/mol. The van der Waals surface area contributed by atoms with Crippen LogP contribution in [0.3, 0.4) is 0 Å². The van der Waals surface area contributed by atoms with E-state index < -0.39 is 0 Å². The van der Waals surface area contributed by atoms with Crippen molar-refractivity contribution in [3.63, 3.8) is 0 Å². The topological polar surface area (TPSA) is 41.6 Å². The van der Waals surface area contributed by atoms with Gasteiger partial charge in [-0.3, -0.25) is 4.79 Å². The fraction of sp³-hybridized carbons (Fsp3) is 0.933. The SMILES string of the molecule is CCC1CCCCC1NC(C)C(=O)N1CCOCC1. The molecule has 1 N–H and O–H groups in total. The summed E-state index contributed by atoms with van der Waals surface area (Å²) in [5, 5.41) is 3.58. The highest BCUT2D eigenvalue weighted by atomic mass is 16.5. The number of nitrogens with one attached hydrogen (secondary N) is 1. The van der Waals surface area contributed by atoms with Crippen molar-refractivity contribution in [2.45, 2.75) is 58.0 Å². The van der Waals surface area contributed by atoms with E-state index in [0.29, 0.717) is 19.3 Å². The van der Waals surface area contributed by atoms with Crippen LogP contribution < -0.4 is 5.32 Å². The number of carbonyl (C=O) groups excluding carboxylic acids is 1. The molecular weight excluding hydrogens is 240 g/mol. The van der Waals surface area contributed by atoms with Crippen LogP contribution in [0, 0.1) is 5.92 Å². The first-order valence-electron chi connectivity index (χ1n) is 7.85. The molecule has 4 nitrogen and oxygen atoms in total. The van der Waals surface area contributed by atoms with Gasteiger partial charge in [-0.15, -0.1) is 0 Å². The molecule has 1 amide bonds. The van der Waals surface area contributed by atoms with Crippen LogP contribution in [0.1, 0.15) is 46.0 Å². The number of ether oxygens (including phenoxy) is 1. The van der Waals surface area contributed by atoms with Gasteiger partial charge in [-0.25, -0.2) is 0 Å². The van der Waals surface area contributed by atoms with Crippen molar-refractivity contribution < 1.29 is 9.53 Å². The van der Waals surface area contributed by atoms with Crippen LogP contribution in [0.2, 0.25) is 0 Å². The minimum atomic E-state index is -0.0600. The zero-order valence-corrected chi connectivity index (χ0v) is 12.4. The van der Waals surface area contributed by atoms with Gasteiger partial charge in [0.15, 0.2) is 0 Å². The Bertz CT molecular complexity index is 290. The second-order valence-electron chi connectivity index (χ2n) is 5.89. The Hall–Kier alpha value is -0.610. The molecule has 2 aliphatic rings. The largest absolute Gasteiger partial charge is 0.378 e. The first-order valence-corrected chi connectivity index (χ1v) is 7.85. The summed E-state index contributed by atoms with van der Waals surface area (Å²) in [6.07, 6.45) is 6.40. The highest BCUT2D eigenvalue weighted by molar-refractivity contribution is 5.81. The fourth-order valence-corrected chi connectivity index (χ4v) is 3.37. The van der Waals surface area contributed by atoms with Crippen molar-refractivity contribution in [2.75, 3.05) is 26.3 Å². The molecule has 2 rings (SSSR count). The van der Waals surface area contributed by atoms with E-state index in [9.17, 15) is 4.79 Å². The van der Waals surface area contributed by atoms with Gasteiger partial charge in [-0.05, 0) is 25.7 Å². The molecule has 1 saturated heterocycles. The molecule has 19 heavy (non-hydrogen) atoms. The van der Waals surface area contributed by atoms with E-state index in [1.807, 2.05) is 11.8 Å². The van der Waals surface area contributed by atoms with E-state index in [-0.39, 0.29) is 11.9 Å². The number of rotatable bonds is 4. The average molecular weight is 268 g/mol. The Labute approximate surface area is 116 Å². The molecule has 1 saturated carbocycles. The quantitative estimate of drug-likeness (QED) is 0.845. The van der Waals surface area contributed by atoms with Crippen molar-refractivity contribution in [3.05, 3.63) is 0 Å². The fourth-order valence-electron chi connectivity index (χ4n) is 3.37. The van der Waals surface area contributed by atoms with Crippen LogP contribution in [-0.2, 0) is 9.53 Å². The lowest BCUT2D eigenvalue weighted by atomic mass is 9.82. The van der Waals surface area contributed by atoms with Gasteiger partial charge in [0.2, 0.25) is 5.91 Å². The van der Waals surface area contributed by atoms with Crippen LogP contribution >= 0.6 is 0 Å². The summed E-state index contributed by atoms with van der Waals surface area (Å²) in [5.74, 6) is 0.984. The van der Waals surface area contributed by atoms with Gasteiger partial charge in [-0.2, -0.15) is 0 Å². The lowest BCUT2D eigenvalue weighted by Gasteiger charge is -2.35. The summed E-state index contributed by atoms with van der Waals surface area (Å²) in [6, 6.07) is 0.467. The smallest absolute Gasteiger partial charge is 0.239 e. The van der Waals surface area contributed by atoms with Crippen molar-refractivity contribution >= 4 is 5.91 Å². The van der Waals surface area contributed by atoms with Crippen molar-refractivity contribution in [1.29, 1.82) is 0 Å². The average Bonchev–Trinajstić information content (AvgIpc) is 2.48. The third-order valence-corrected chi connectivity index (χ3v) is 4.59. The first-order chi connectivity index (χ1) is 9.22. The summed E-state index contributed by atoms with van der Waals surface area (Å²) in [4.78, 5) is 14.3. The van der Waals surface area contributed by atoms with Crippen molar-refractivity contribution in [3.8, 4) is 0 Å². The Morgan fingerprint density at radius 3 is 2.68 bits per heavy atom. The van der Waals surface area contributed by atoms with Gasteiger partial charge in [-0.1, -0.05) is 26.2 Å². The van der Waals surface area contributed by atoms with Crippen LogP contribution in [-0.4, -0.2) is 49.2 Å². The molecular formula is C15H28N2O2. The van der Waals surface area contributed by atoms with Crippen LogP contribution in [0.15, 0.2) is 0 Å². The molecule has 3 unspecified atom stereocenters. The van der Waals surface area contributed by atoms with E-state index in [1.165, 1.54) is 32.1 Å². The molecule has 0 aromatic heterocycles. The molecule has 0 spiro atoms. The molecule has 110 valence electrons. The Kier molecular flexibility index (Phi) is 5.64. The molecule has 0 aromatic carbocycles. The van der Waals surface area contributed by atoms with Gasteiger partial charge in [0.1, 0.15) is 0 Å². The Balaban J connectivity index is 1.84. The second-order valence-corrected chi connectivity index (χ2v) is 5.89. The zero-order valence-electron chi connectivity index (χ0n) is 12.4. The summed E-state index contributed by atoms with van der Waals surface area (Å²) in [7, 11) is 0. The zero-order chi connectivity index (χ0) is 13.7. The van der Waals surface area contributed by atoms with Gasteiger partial charge < -0.3 is 15.0 Å². The molecule has 1 aliphatic heterocycles. The molecule has 1 heterocycles. The van der Waals surface area contributed by atoms with Gasteiger partial charge in [0, 0.05) is 19.1 Å². The predicted octanol–water partition coefficient (Wildman–Crippen LogP) is 1.79. The molecule has 3 atom stereocenters. The molecule has 0 bridgehead atoms. The predicted molar refractivity (Wildman–Crippen MR) is 76.0 cm³/mol. The van der Waals surface area contributed by atoms with E-state index in [4.69, 9.17) is 4.74 Å². The van der Waals surface area contributed by atoms with Crippen molar-refractivity contribution in [2.24, 2.45) is 5.92 Å². The van der Waals surface area contributed by atoms with E-state index in [1.54, 1.807) is 0 Å². The first kappa shape index (κ1) is 14.8. The number of morpholine rings is 1. The van der Waals surface area contributed by atoms with Gasteiger partial charge >= 0.3 is 0 Å². The molecule has 0 aromatic rings. The Morgan fingerprint density at radius 1 is 1.32 bits per heavy atom. The highest BCUT2D eigenvalue weighted by Gasteiger charge is 2.28. The minimum absolute atomic E-state index is 0.0600.